The molecular formula is C26H25N3O6S. The Morgan fingerprint density at radius 2 is 1.92 bits per heavy atom. The molecule has 0 bridgehead atoms. The SMILES string of the molecule is CCCOc1cccc(C2C(=C(O)c3ccncc3)C(=O)C(=O)N2c2nc(C)c(C(=O)OCC)s2)c1. The Bertz CT molecular complexity index is 1330. The van der Waals surface area contributed by atoms with Crippen LogP contribution in [0, 0.1) is 6.92 Å². The summed E-state index contributed by atoms with van der Waals surface area (Å²) in [5, 5.41) is 11.3. The van der Waals surface area contributed by atoms with Crippen LogP contribution < -0.4 is 9.64 Å². The predicted molar refractivity (Wildman–Crippen MR) is 134 cm³/mol. The van der Waals surface area contributed by atoms with Gasteiger partial charge in [-0.25, -0.2) is 9.78 Å². The van der Waals surface area contributed by atoms with E-state index >= 15 is 0 Å². The quantitative estimate of drug-likeness (QED) is 0.206. The van der Waals surface area contributed by atoms with Crippen molar-refractivity contribution < 1.29 is 29.0 Å². The molecule has 10 heteroatoms. The molecule has 1 N–H and O–H groups in total. The lowest BCUT2D eigenvalue weighted by atomic mass is 9.95. The van der Waals surface area contributed by atoms with Crippen LogP contribution in [0.5, 0.6) is 5.75 Å². The third-order valence-electron chi connectivity index (χ3n) is 5.50. The molecule has 1 aromatic carbocycles. The Morgan fingerprint density at radius 3 is 2.61 bits per heavy atom. The normalized spacial score (nSPS) is 16.9. The van der Waals surface area contributed by atoms with Gasteiger partial charge in [0, 0.05) is 18.0 Å². The lowest BCUT2D eigenvalue weighted by molar-refractivity contribution is -0.132. The third-order valence-corrected chi connectivity index (χ3v) is 6.63. The number of carbonyl (C=O) groups is 3. The largest absolute Gasteiger partial charge is 0.507 e. The van der Waals surface area contributed by atoms with E-state index in [0.717, 1.165) is 17.8 Å². The minimum atomic E-state index is -0.996. The molecule has 36 heavy (non-hydrogen) atoms. The van der Waals surface area contributed by atoms with Gasteiger partial charge in [-0.15, -0.1) is 0 Å². The molecule has 1 fully saturated rings. The second kappa shape index (κ2) is 10.7. The Balaban J connectivity index is 1.89. The fourth-order valence-corrected chi connectivity index (χ4v) is 4.86. The molecule has 9 nitrogen and oxygen atoms in total. The van der Waals surface area contributed by atoms with E-state index in [1.807, 2.05) is 6.92 Å². The van der Waals surface area contributed by atoms with Crippen molar-refractivity contribution in [3.05, 3.63) is 76.1 Å². The van der Waals surface area contributed by atoms with E-state index < -0.39 is 23.7 Å². The number of ether oxygens (including phenoxy) is 2. The number of esters is 1. The first-order chi connectivity index (χ1) is 17.4. The molecular weight excluding hydrogens is 482 g/mol. The van der Waals surface area contributed by atoms with Crippen molar-refractivity contribution in [3.63, 3.8) is 0 Å². The zero-order valence-electron chi connectivity index (χ0n) is 20.1. The number of amides is 1. The second-order valence-electron chi connectivity index (χ2n) is 7.96. The average Bonchev–Trinajstić information content (AvgIpc) is 3.40. The smallest absolute Gasteiger partial charge is 0.350 e. The maximum Gasteiger partial charge on any atom is 0.350 e. The number of aliphatic hydroxyl groups excluding tert-OH is 1. The highest BCUT2D eigenvalue weighted by atomic mass is 32.1. The van der Waals surface area contributed by atoms with E-state index in [9.17, 15) is 19.5 Å². The van der Waals surface area contributed by atoms with Crippen molar-refractivity contribution in [3.8, 4) is 5.75 Å². The van der Waals surface area contributed by atoms with Crippen molar-refractivity contribution in [1.82, 2.24) is 9.97 Å². The summed E-state index contributed by atoms with van der Waals surface area (Å²) in [5.74, 6) is -2.05. The van der Waals surface area contributed by atoms with Crippen molar-refractivity contribution in [1.29, 1.82) is 0 Å². The topological polar surface area (TPSA) is 119 Å². The maximum atomic E-state index is 13.3. The average molecular weight is 508 g/mol. The monoisotopic (exact) mass is 507 g/mol. The molecule has 3 heterocycles. The number of hydrogen-bond donors (Lipinski definition) is 1. The Hall–Kier alpha value is -4.05. The molecule has 1 aliphatic heterocycles. The molecule has 1 saturated heterocycles. The summed E-state index contributed by atoms with van der Waals surface area (Å²) in [6.07, 6.45) is 3.77. The van der Waals surface area contributed by atoms with Gasteiger partial charge in [0.2, 0.25) is 0 Å². The highest BCUT2D eigenvalue weighted by Crippen LogP contribution is 2.44. The number of Topliss-reactive ketones (excluding diaryl/α,β-unsaturated/α-hetero) is 1. The zero-order valence-corrected chi connectivity index (χ0v) is 20.9. The minimum absolute atomic E-state index is 0.0932. The van der Waals surface area contributed by atoms with Crippen LogP contribution in [0.4, 0.5) is 5.13 Å². The number of pyridine rings is 1. The molecule has 3 aromatic rings. The standard InChI is InChI=1S/C26H25N3O6S/c1-4-13-35-18-8-6-7-17(14-18)20-19(21(30)16-9-11-27-12-10-16)22(31)24(32)29(20)26-28-15(3)23(36-26)25(33)34-5-2/h6-12,14,20,30H,4-5,13H2,1-3H3. The molecule has 2 aromatic heterocycles. The summed E-state index contributed by atoms with van der Waals surface area (Å²) in [7, 11) is 0. The molecule has 0 spiro atoms. The van der Waals surface area contributed by atoms with Crippen molar-refractivity contribution in [2.75, 3.05) is 18.1 Å². The lowest BCUT2D eigenvalue weighted by Crippen LogP contribution is -2.29. The molecule has 186 valence electrons. The molecule has 0 aliphatic carbocycles. The Kier molecular flexibility index (Phi) is 7.44. The molecule has 4 rings (SSSR count). The number of hydrogen-bond acceptors (Lipinski definition) is 9. The van der Waals surface area contributed by atoms with Crippen LogP contribution in [0.25, 0.3) is 5.76 Å². The zero-order chi connectivity index (χ0) is 25.8. The van der Waals surface area contributed by atoms with E-state index in [-0.39, 0.29) is 27.9 Å². The van der Waals surface area contributed by atoms with Crippen molar-refractivity contribution in [2.45, 2.75) is 33.2 Å². The van der Waals surface area contributed by atoms with Gasteiger partial charge < -0.3 is 14.6 Å². The lowest BCUT2D eigenvalue weighted by Gasteiger charge is -2.23. The molecule has 1 aliphatic rings. The van der Waals surface area contributed by atoms with Crippen molar-refractivity contribution in [2.24, 2.45) is 0 Å². The number of anilines is 1. The van der Waals surface area contributed by atoms with E-state index in [2.05, 4.69) is 9.97 Å². The fourth-order valence-electron chi connectivity index (χ4n) is 3.88. The van der Waals surface area contributed by atoms with Gasteiger partial charge in [0.25, 0.3) is 5.78 Å². The Morgan fingerprint density at radius 1 is 1.17 bits per heavy atom. The van der Waals surface area contributed by atoms with Crippen LogP contribution in [0.15, 0.2) is 54.4 Å². The number of rotatable bonds is 8. The van der Waals surface area contributed by atoms with Gasteiger partial charge in [-0.2, -0.15) is 0 Å². The minimum Gasteiger partial charge on any atom is -0.507 e. The number of aryl methyl sites for hydroxylation is 1. The molecule has 1 amide bonds. The summed E-state index contributed by atoms with van der Waals surface area (Å²) >= 11 is 0.958. The van der Waals surface area contributed by atoms with Crippen LogP contribution >= 0.6 is 11.3 Å². The summed E-state index contributed by atoms with van der Waals surface area (Å²) in [6.45, 7) is 6.00. The number of ketones is 1. The highest BCUT2D eigenvalue weighted by molar-refractivity contribution is 7.17. The van der Waals surface area contributed by atoms with Gasteiger partial charge in [-0.1, -0.05) is 30.4 Å². The highest BCUT2D eigenvalue weighted by Gasteiger charge is 2.48. The van der Waals surface area contributed by atoms with Gasteiger partial charge in [0.05, 0.1) is 30.5 Å². The summed E-state index contributed by atoms with van der Waals surface area (Å²) in [4.78, 5) is 48.9. The number of aliphatic hydroxyl groups is 1. The van der Waals surface area contributed by atoms with E-state index in [0.29, 0.717) is 29.2 Å². The van der Waals surface area contributed by atoms with E-state index in [4.69, 9.17) is 9.47 Å². The fraction of sp³-hybridized carbons (Fsp3) is 0.269. The number of aromatic nitrogens is 2. The van der Waals surface area contributed by atoms with E-state index in [1.165, 1.54) is 17.3 Å². The van der Waals surface area contributed by atoms with Crippen molar-refractivity contribution >= 4 is 39.9 Å². The maximum absolute atomic E-state index is 13.3. The first kappa shape index (κ1) is 25.1. The van der Waals surface area contributed by atoms with Gasteiger partial charge >= 0.3 is 11.9 Å². The van der Waals surface area contributed by atoms with Gasteiger partial charge in [0.1, 0.15) is 16.4 Å². The summed E-state index contributed by atoms with van der Waals surface area (Å²) < 4.78 is 10.9. The predicted octanol–water partition coefficient (Wildman–Crippen LogP) is 4.44. The van der Waals surface area contributed by atoms with Crippen LogP contribution in [-0.4, -0.2) is 45.9 Å². The third kappa shape index (κ3) is 4.72. The van der Waals surface area contributed by atoms with Crippen LogP contribution in [0.1, 0.15) is 52.8 Å². The first-order valence-corrected chi connectivity index (χ1v) is 12.3. The van der Waals surface area contributed by atoms with Crippen LogP contribution in [0.2, 0.25) is 0 Å². The van der Waals surface area contributed by atoms with E-state index in [1.54, 1.807) is 50.2 Å². The van der Waals surface area contributed by atoms with Crippen LogP contribution in [-0.2, 0) is 14.3 Å². The number of carbonyl (C=O) groups excluding carboxylic acids is 3. The summed E-state index contributed by atoms with van der Waals surface area (Å²) in [6, 6.07) is 9.11. The molecule has 0 radical (unpaired) electrons. The van der Waals surface area contributed by atoms with Crippen LogP contribution in [0.3, 0.4) is 0 Å². The summed E-state index contributed by atoms with van der Waals surface area (Å²) in [5.41, 5.74) is 1.17. The number of benzene rings is 1. The number of nitrogens with zero attached hydrogens (tertiary/aromatic N) is 3. The Labute approximate surface area is 212 Å². The van der Waals surface area contributed by atoms with Gasteiger partial charge in [-0.3, -0.25) is 19.5 Å². The molecule has 1 unspecified atom stereocenters. The van der Waals surface area contributed by atoms with Gasteiger partial charge in [-0.05, 0) is 50.1 Å². The first-order valence-electron chi connectivity index (χ1n) is 11.5. The number of thiazole rings is 1. The molecule has 0 saturated carbocycles. The molecule has 1 atom stereocenters. The van der Waals surface area contributed by atoms with Gasteiger partial charge in [0.15, 0.2) is 5.13 Å². The second-order valence-corrected chi connectivity index (χ2v) is 8.93.